The van der Waals surface area contributed by atoms with Gasteiger partial charge in [-0.25, -0.2) is 8.42 Å². The molecule has 1 aromatic carbocycles. The van der Waals surface area contributed by atoms with Gasteiger partial charge in [0.25, 0.3) is 0 Å². The molecule has 1 aliphatic rings. The quantitative estimate of drug-likeness (QED) is 0.708. The number of carbonyl (C=O) groups is 2. The van der Waals surface area contributed by atoms with Gasteiger partial charge in [0.15, 0.2) is 0 Å². The summed E-state index contributed by atoms with van der Waals surface area (Å²) < 4.78 is 32.0. The summed E-state index contributed by atoms with van der Waals surface area (Å²) >= 11 is 0. The summed E-state index contributed by atoms with van der Waals surface area (Å²) in [7, 11) is -3.62. The molecule has 0 bridgehead atoms. The second-order valence-corrected chi connectivity index (χ2v) is 8.80. The fraction of sp³-hybridized carbons (Fsp3) is 0.400. The predicted octanol–water partition coefficient (Wildman–Crippen LogP) is 2.30. The number of furan rings is 1. The molecule has 0 radical (unpaired) electrons. The van der Waals surface area contributed by atoms with Crippen molar-refractivity contribution < 1.29 is 22.4 Å². The highest BCUT2D eigenvalue weighted by molar-refractivity contribution is 7.89. The Labute approximate surface area is 170 Å². The third kappa shape index (κ3) is 4.68. The zero-order valence-corrected chi connectivity index (χ0v) is 17.3. The van der Waals surface area contributed by atoms with E-state index in [0.29, 0.717) is 37.6 Å². The summed E-state index contributed by atoms with van der Waals surface area (Å²) in [6, 6.07) is 9.71. The van der Waals surface area contributed by atoms with Crippen LogP contribution in [0.2, 0.25) is 0 Å². The maximum atomic E-state index is 12.7. The molecule has 1 aromatic heterocycles. The number of carbonyl (C=O) groups excluding carboxylic acids is 2. The van der Waals surface area contributed by atoms with Crippen molar-refractivity contribution in [2.75, 3.05) is 25.0 Å². The van der Waals surface area contributed by atoms with Gasteiger partial charge in [0.05, 0.1) is 23.6 Å². The van der Waals surface area contributed by atoms with E-state index in [1.807, 2.05) is 0 Å². The van der Waals surface area contributed by atoms with E-state index in [4.69, 9.17) is 4.42 Å². The average molecular weight is 420 g/mol. The maximum absolute atomic E-state index is 12.7. The molecule has 1 atom stereocenters. The molecule has 0 aliphatic carbocycles. The monoisotopic (exact) mass is 419 g/mol. The molecule has 1 saturated heterocycles. The smallest absolute Gasteiger partial charge is 0.243 e. The van der Waals surface area contributed by atoms with Crippen LogP contribution in [0.1, 0.15) is 26.0 Å². The molecule has 1 fully saturated rings. The summed E-state index contributed by atoms with van der Waals surface area (Å²) in [4.78, 5) is 26.6. The number of hydrogen-bond donors (Lipinski definition) is 1. The number of amides is 2. The molecule has 1 aliphatic heterocycles. The van der Waals surface area contributed by atoms with E-state index >= 15 is 0 Å². The van der Waals surface area contributed by atoms with Crippen molar-refractivity contribution in [1.82, 2.24) is 9.21 Å². The molecule has 0 spiro atoms. The zero-order chi connectivity index (χ0) is 21.0. The van der Waals surface area contributed by atoms with Gasteiger partial charge < -0.3 is 14.6 Å². The molecule has 3 rings (SSSR count). The van der Waals surface area contributed by atoms with E-state index in [-0.39, 0.29) is 23.1 Å². The molecule has 2 amide bonds. The van der Waals surface area contributed by atoms with E-state index in [1.54, 1.807) is 49.3 Å². The number of rotatable bonds is 8. The molecule has 2 heterocycles. The summed E-state index contributed by atoms with van der Waals surface area (Å²) in [5, 5.41) is 2.75. The molecule has 29 heavy (non-hydrogen) atoms. The van der Waals surface area contributed by atoms with Crippen molar-refractivity contribution in [2.24, 2.45) is 5.92 Å². The number of hydrogen-bond acceptors (Lipinski definition) is 5. The van der Waals surface area contributed by atoms with Crippen molar-refractivity contribution >= 4 is 27.5 Å². The van der Waals surface area contributed by atoms with Crippen LogP contribution < -0.4 is 5.32 Å². The first-order valence-corrected chi connectivity index (χ1v) is 11.0. The van der Waals surface area contributed by atoms with Crippen LogP contribution in [0.25, 0.3) is 0 Å². The van der Waals surface area contributed by atoms with Crippen LogP contribution in [0.5, 0.6) is 0 Å². The van der Waals surface area contributed by atoms with Crippen LogP contribution in [0.4, 0.5) is 5.69 Å². The van der Waals surface area contributed by atoms with Crippen LogP contribution in [-0.2, 0) is 26.2 Å². The van der Waals surface area contributed by atoms with Crippen LogP contribution >= 0.6 is 0 Å². The molecular weight excluding hydrogens is 394 g/mol. The van der Waals surface area contributed by atoms with E-state index in [1.165, 1.54) is 16.4 Å². The Balaban J connectivity index is 1.67. The zero-order valence-electron chi connectivity index (χ0n) is 16.5. The normalized spacial score (nSPS) is 17.1. The lowest BCUT2D eigenvalue weighted by molar-refractivity contribution is -0.128. The van der Waals surface area contributed by atoms with Crippen LogP contribution in [-0.4, -0.2) is 49.1 Å². The van der Waals surface area contributed by atoms with Gasteiger partial charge in [0.1, 0.15) is 5.76 Å². The van der Waals surface area contributed by atoms with Gasteiger partial charge in [0.2, 0.25) is 21.8 Å². The third-order valence-corrected chi connectivity index (χ3v) is 7.00. The second-order valence-electron chi connectivity index (χ2n) is 6.86. The van der Waals surface area contributed by atoms with Gasteiger partial charge in [-0.15, -0.1) is 0 Å². The highest BCUT2D eigenvalue weighted by atomic mass is 32.2. The minimum Gasteiger partial charge on any atom is -0.467 e. The number of sulfonamides is 1. The van der Waals surface area contributed by atoms with Crippen LogP contribution in [0.15, 0.2) is 52.0 Å². The number of benzene rings is 1. The summed E-state index contributed by atoms with van der Waals surface area (Å²) in [5.74, 6) is -0.258. The highest BCUT2D eigenvalue weighted by Gasteiger charge is 2.34. The fourth-order valence-corrected chi connectivity index (χ4v) is 4.89. The fourth-order valence-electron chi connectivity index (χ4n) is 3.38. The first-order valence-electron chi connectivity index (χ1n) is 9.56. The summed E-state index contributed by atoms with van der Waals surface area (Å²) in [6.45, 7) is 4.91. The molecule has 0 saturated carbocycles. The van der Waals surface area contributed by atoms with Crippen LogP contribution in [0, 0.1) is 5.92 Å². The molecule has 8 nitrogen and oxygen atoms in total. The van der Waals surface area contributed by atoms with E-state index in [2.05, 4.69) is 5.32 Å². The lowest BCUT2D eigenvalue weighted by Crippen LogP contribution is -2.30. The molecule has 9 heteroatoms. The Morgan fingerprint density at radius 2 is 2.00 bits per heavy atom. The molecule has 156 valence electrons. The van der Waals surface area contributed by atoms with E-state index < -0.39 is 15.9 Å². The Hall–Kier alpha value is -2.65. The standard InChI is InChI=1S/C20H25N3O5S/c1-3-23(4-2)29(26,27)18-9-5-7-16(12-18)21-20(25)15-11-19(24)22(13-15)14-17-8-6-10-28-17/h5-10,12,15H,3-4,11,13-14H2,1-2H3,(H,21,25)/t15-/m0/s1. The van der Waals surface area contributed by atoms with Gasteiger partial charge in [-0.05, 0) is 30.3 Å². The SMILES string of the molecule is CCN(CC)S(=O)(=O)c1cccc(NC(=O)[C@H]2CC(=O)N(Cc3ccco3)C2)c1. The van der Waals surface area contributed by atoms with E-state index in [9.17, 15) is 18.0 Å². The first kappa shape index (κ1) is 21.1. The lowest BCUT2D eigenvalue weighted by atomic mass is 10.1. The molecule has 2 aromatic rings. The first-order chi connectivity index (χ1) is 13.8. The molecule has 1 N–H and O–H groups in total. The number of likely N-dealkylation sites (tertiary alicyclic amines) is 1. The number of nitrogens with zero attached hydrogens (tertiary/aromatic N) is 2. The van der Waals surface area contributed by atoms with Gasteiger partial charge in [-0.2, -0.15) is 4.31 Å². The summed E-state index contributed by atoms with van der Waals surface area (Å²) in [5.41, 5.74) is 0.389. The second kappa shape index (κ2) is 8.79. The minimum atomic E-state index is -3.62. The van der Waals surface area contributed by atoms with Gasteiger partial charge in [0, 0.05) is 31.7 Å². The molecule has 0 unspecified atom stereocenters. The Bertz CT molecular complexity index is 968. The average Bonchev–Trinajstić information content (AvgIpc) is 3.33. The Morgan fingerprint density at radius 1 is 1.24 bits per heavy atom. The largest absolute Gasteiger partial charge is 0.467 e. The van der Waals surface area contributed by atoms with Crippen molar-refractivity contribution in [3.8, 4) is 0 Å². The Kier molecular flexibility index (Phi) is 6.39. The van der Waals surface area contributed by atoms with Gasteiger partial charge in [-0.1, -0.05) is 19.9 Å². The van der Waals surface area contributed by atoms with Crippen molar-refractivity contribution in [1.29, 1.82) is 0 Å². The van der Waals surface area contributed by atoms with Crippen molar-refractivity contribution in [3.63, 3.8) is 0 Å². The third-order valence-electron chi connectivity index (χ3n) is 4.96. The predicted molar refractivity (Wildman–Crippen MR) is 107 cm³/mol. The lowest BCUT2D eigenvalue weighted by Gasteiger charge is -2.19. The van der Waals surface area contributed by atoms with Gasteiger partial charge in [-0.3, -0.25) is 9.59 Å². The highest BCUT2D eigenvalue weighted by Crippen LogP contribution is 2.24. The van der Waals surface area contributed by atoms with Crippen molar-refractivity contribution in [2.45, 2.75) is 31.7 Å². The Morgan fingerprint density at radius 3 is 2.66 bits per heavy atom. The van der Waals surface area contributed by atoms with E-state index in [0.717, 1.165) is 0 Å². The summed E-state index contributed by atoms with van der Waals surface area (Å²) in [6.07, 6.45) is 1.66. The van der Waals surface area contributed by atoms with Crippen molar-refractivity contribution in [3.05, 3.63) is 48.4 Å². The van der Waals surface area contributed by atoms with Gasteiger partial charge >= 0.3 is 0 Å². The minimum absolute atomic E-state index is 0.112. The number of anilines is 1. The number of nitrogens with one attached hydrogen (secondary N) is 1. The molecular formula is C20H25N3O5S. The topological polar surface area (TPSA) is 99.9 Å². The maximum Gasteiger partial charge on any atom is 0.243 e. The van der Waals surface area contributed by atoms with Crippen LogP contribution in [0.3, 0.4) is 0 Å².